The third kappa shape index (κ3) is 2.80. The number of thiophene rings is 1. The van der Waals surface area contributed by atoms with E-state index in [-0.39, 0.29) is 10.0 Å². The van der Waals surface area contributed by atoms with Gasteiger partial charge in [0.2, 0.25) is 0 Å². The first-order chi connectivity index (χ1) is 9.08. The molecular weight excluding hydrogens is 336 g/mol. The zero-order valence-electron chi connectivity index (χ0n) is 10.3. The quantitative estimate of drug-likeness (QED) is 0.840. The molecule has 1 atom stereocenters. The standard InChI is InChI=1S/C13H12BrF2NOS/c1-17-13(10-5-7(18-2)6-19-10)11-9(15)4-3-8(14)12(11)16/h3-6,13,17H,1-2H3. The molecule has 0 bridgehead atoms. The van der Waals surface area contributed by atoms with E-state index in [0.29, 0.717) is 5.75 Å². The highest BCUT2D eigenvalue weighted by Crippen LogP contribution is 2.35. The summed E-state index contributed by atoms with van der Waals surface area (Å²) >= 11 is 4.47. The maximum atomic E-state index is 14.1. The number of ether oxygens (including phenoxy) is 1. The van der Waals surface area contributed by atoms with Crippen molar-refractivity contribution in [2.24, 2.45) is 0 Å². The number of hydrogen-bond acceptors (Lipinski definition) is 3. The molecule has 1 N–H and O–H groups in total. The molecule has 0 fully saturated rings. The Bertz CT molecular complexity index is 588. The predicted molar refractivity (Wildman–Crippen MR) is 75.8 cm³/mol. The van der Waals surface area contributed by atoms with Crippen molar-refractivity contribution in [1.82, 2.24) is 5.32 Å². The van der Waals surface area contributed by atoms with Crippen molar-refractivity contribution in [3.63, 3.8) is 0 Å². The van der Waals surface area contributed by atoms with Gasteiger partial charge in [0.15, 0.2) is 0 Å². The van der Waals surface area contributed by atoms with Crippen molar-refractivity contribution in [2.75, 3.05) is 14.2 Å². The van der Waals surface area contributed by atoms with Crippen LogP contribution in [0.2, 0.25) is 0 Å². The molecule has 2 rings (SSSR count). The lowest BCUT2D eigenvalue weighted by molar-refractivity contribution is 0.416. The van der Waals surface area contributed by atoms with Crippen molar-refractivity contribution >= 4 is 27.3 Å². The van der Waals surface area contributed by atoms with Gasteiger partial charge in [-0.25, -0.2) is 8.78 Å². The van der Waals surface area contributed by atoms with E-state index < -0.39 is 17.7 Å². The van der Waals surface area contributed by atoms with E-state index in [1.54, 1.807) is 25.6 Å². The average molecular weight is 348 g/mol. The number of methoxy groups -OCH3 is 1. The van der Waals surface area contributed by atoms with E-state index in [2.05, 4.69) is 21.2 Å². The van der Waals surface area contributed by atoms with Gasteiger partial charge in [0.05, 0.1) is 17.6 Å². The minimum Gasteiger partial charge on any atom is -0.496 e. The minimum absolute atomic E-state index is 0.00128. The molecule has 0 radical (unpaired) electrons. The lowest BCUT2D eigenvalue weighted by Crippen LogP contribution is -2.19. The van der Waals surface area contributed by atoms with Gasteiger partial charge >= 0.3 is 0 Å². The highest BCUT2D eigenvalue weighted by atomic mass is 79.9. The van der Waals surface area contributed by atoms with Crippen LogP contribution in [0.5, 0.6) is 5.75 Å². The highest BCUT2D eigenvalue weighted by Gasteiger charge is 2.23. The van der Waals surface area contributed by atoms with Gasteiger partial charge in [0.25, 0.3) is 0 Å². The van der Waals surface area contributed by atoms with Crippen LogP contribution in [0.4, 0.5) is 8.78 Å². The Balaban J connectivity index is 2.50. The van der Waals surface area contributed by atoms with E-state index in [0.717, 1.165) is 4.88 Å². The maximum absolute atomic E-state index is 14.1. The second kappa shape index (κ2) is 5.98. The molecule has 0 saturated carbocycles. The Morgan fingerprint density at radius 2 is 2.11 bits per heavy atom. The summed E-state index contributed by atoms with van der Waals surface area (Å²) in [4.78, 5) is 0.787. The summed E-state index contributed by atoms with van der Waals surface area (Å²) in [7, 11) is 3.22. The molecular formula is C13H12BrF2NOS. The molecule has 1 unspecified atom stereocenters. The second-order valence-corrected chi connectivity index (χ2v) is 5.66. The fourth-order valence-corrected chi connectivity index (χ4v) is 3.15. The third-order valence-corrected chi connectivity index (χ3v) is 4.36. The van der Waals surface area contributed by atoms with Crippen LogP contribution < -0.4 is 10.1 Å². The summed E-state index contributed by atoms with van der Waals surface area (Å²) in [5, 5.41) is 4.73. The van der Waals surface area contributed by atoms with Crippen LogP contribution in [0, 0.1) is 11.6 Å². The van der Waals surface area contributed by atoms with E-state index in [1.807, 2.05) is 0 Å². The SMILES string of the molecule is CNC(c1cc(OC)cs1)c1c(F)ccc(Br)c1F. The molecule has 1 aromatic heterocycles. The van der Waals surface area contributed by atoms with E-state index in [9.17, 15) is 8.78 Å². The van der Waals surface area contributed by atoms with Crippen molar-refractivity contribution in [3.8, 4) is 5.75 Å². The van der Waals surface area contributed by atoms with Gasteiger partial charge < -0.3 is 10.1 Å². The van der Waals surface area contributed by atoms with Crippen LogP contribution in [0.15, 0.2) is 28.1 Å². The summed E-state index contributed by atoms with van der Waals surface area (Å²) in [6.07, 6.45) is 0. The number of nitrogens with one attached hydrogen (secondary N) is 1. The van der Waals surface area contributed by atoms with Crippen LogP contribution in [-0.4, -0.2) is 14.2 Å². The predicted octanol–water partition coefficient (Wildman–Crippen LogP) is 4.11. The third-order valence-electron chi connectivity index (χ3n) is 2.77. The molecule has 1 heterocycles. The van der Waals surface area contributed by atoms with Crippen LogP contribution in [0.25, 0.3) is 0 Å². The van der Waals surface area contributed by atoms with Gasteiger partial charge in [-0.1, -0.05) is 0 Å². The van der Waals surface area contributed by atoms with Gasteiger partial charge in [-0.15, -0.1) is 11.3 Å². The fraction of sp³-hybridized carbons (Fsp3) is 0.231. The largest absolute Gasteiger partial charge is 0.496 e. The van der Waals surface area contributed by atoms with Crippen molar-refractivity contribution in [2.45, 2.75) is 6.04 Å². The fourth-order valence-electron chi connectivity index (χ4n) is 1.83. The summed E-state index contributed by atoms with van der Waals surface area (Å²) < 4.78 is 33.4. The van der Waals surface area contributed by atoms with Crippen molar-refractivity contribution in [1.29, 1.82) is 0 Å². The Labute approximate surface area is 122 Å². The van der Waals surface area contributed by atoms with Crippen molar-refractivity contribution < 1.29 is 13.5 Å². The zero-order chi connectivity index (χ0) is 14.0. The van der Waals surface area contributed by atoms with Crippen molar-refractivity contribution in [3.05, 3.63) is 50.1 Å². The molecule has 0 aliphatic carbocycles. The molecule has 6 heteroatoms. The summed E-state index contributed by atoms with van der Waals surface area (Å²) in [5.74, 6) is -0.491. The molecule has 0 amide bonds. The number of halogens is 3. The van der Waals surface area contributed by atoms with Gasteiger partial charge in [0, 0.05) is 15.8 Å². The van der Waals surface area contributed by atoms with E-state index in [4.69, 9.17) is 4.74 Å². The Morgan fingerprint density at radius 3 is 2.68 bits per heavy atom. The number of rotatable bonds is 4. The summed E-state index contributed by atoms with van der Waals surface area (Å²) in [6.45, 7) is 0. The average Bonchev–Trinajstić information content (AvgIpc) is 2.87. The molecule has 19 heavy (non-hydrogen) atoms. The lowest BCUT2D eigenvalue weighted by Gasteiger charge is -2.17. The Morgan fingerprint density at radius 1 is 1.37 bits per heavy atom. The van der Waals surface area contributed by atoms with Crippen LogP contribution in [0.3, 0.4) is 0 Å². The number of hydrogen-bond donors (Lipinski definition) is 1. The molecule has 0 aliphatic rings. The van der Waals surface area contributed by atoms with Crippen LogP contribution >= 0.6 is 27.3 Å². The van der Waals surface area contributed by atoms with Crippen LogP contribution in [0.1, 0.15) is 16.5 Å². The molecule has 102 valence electrons. The Kier molecular flexibility index (Phi) is 4.54. The zero-order valence-corrected chi connectivity index (χ0v) is 12.7. The molecule has 2 nitrogen and oxygen atoms in total. The van der Waals surface area contributed by atoms with Gasteiger partial charge in [0.1, 0.15) is 17.4 Å². The van der Waals surface area contributed by atoms with Crippen LogP contribution in [-0.2, 0) is 0 Å². The molecule has 1 aromatic carbocycles. The molecule has 2 aromatic rings. The molecule has 0 saturated heterocycles. The summed E-state index contributed by atoms with van der Waals surface area (Å²) in [6, 6.07) is 3.82. The second-order valence-electron chi connectivity index (χ2n) is 3.87. The van der Waals surface area contributed by atoms with Gasteiger partial charge in [-0.2, -0.15) is 0 Å². The first-order valence-electron chi connectivity index (χ1n) is 5.51. The van der Waals surface area contributed by atoms with Gasteiger partial charge in [-0.3, -0.25) is 0 Å². The monoisotopic (exact) mass is 347 g/mol. The smallest absolute Gasteiger partial charge is 0.145 e. The highest BCUT2D eigenvalue weighted by molar-refractivity contribution is 9.10. The van der Waals surface area contributed by atoms with Gasteiger partial charge in [-0.05, 0) is 41.2 Å². The first kappa shape index (κ1) is 14.4. The summed E-state index contributed by atoms with van der Waals surface area (Å²) in [5.41, 5.74) is 0.00128. The molecule has 0 spiro atoms. The van der Waals surface area contributed by atoms with E-state index >= 15 is 0 Å². The van der Waals surface area contributed by atoms with E-state index in [1.165, 1.54) is 23.5 Å². The number of benzene rings is 1. The first-order valence-corrected chi connectivity index (χ1v) is 7.18. The topological polar surface area (TPSA) is 21.3 Å². The lowest BCUT2D eigenvalue weighted by atomic mass is 10.0. The minimum atomic E-state index is -0.591. The maximum Gasteiger partial charge on any atom is 0.145 e. The molecule has 0 aliphatic heterocycles. The Hall–Kier alpha value is -0.980. The normalized spacial score (nSPS) is 12.5.